The quantitative estimate of drug-likeness (QED) is 0.540. The molecule has 1 amide bonds. The summed E-state index contributed by atoms with van der Waals surface area (Å²) in [4.78, 5) is 19.0. The number of amides is 1. The van der Waals surface area contributed by atoms with Gasteiger partial charge in [0.15, 0.2) is 11.5 Å². The van der Waals surface area contributed by atoms with E-state index in [1.54, 1.807) is 21.7 Å². The molecule has 4 aromatic rings. The van der Waals surface area contributed by atoms with E-state index in [4.69, 9.17) is 0 Å². The van der Waals surface area contributed by atoms with Gasteiger partial charge in [0.2, 0.25) is 5.91 Å². The van der Waals surface area contributed by atoms with Crippen molar-refractivity contribution >= 4 is 23.2 Å². The highest BCUT2D eigenvalue weighted by molar-refractivity contribution is 5.91. The van der Waals surface area contributed by atoms with Crippen molar-refractivity contribution < 1.29 is 4.79 Å². The average molecular weight is 403 g/mol. The lowest BCUT2D eigenvalue weighted by Crippen LogP contribution is -2.38. The smallest absolute Gasteiger partial charge is 0.228 e. The Labute approximate surface area is 172 Å². The van der Waals surface area contributed by atoms with Crippen molar-refractivity contribution in [2.75, 3.05) is 23.3 Å². The van der Waals surface area contributed by atoms with Crippen molar-refractivity contribution in [1.82, 2.24) is 34.6 Å². The van der Waals surface area contributed by atoms with Crippen LogP contribution in [0.2, 0.25) is 0 Å². The van der Waals surface area contributed by atoms with Crippen LogP contribution in [0.4, 0.5) is 11.6 Å². The van der Waals surface area contributed by atoms with Crippen LogP contribution >= 0.6 is 0 Å². The minimum atomic E-state index is -0.0385. The fraction of sp³-hybridized carbons (Fsp3) is 0.300. The molecule has 0 unspecified atom stereocenters. The molecule has 1 aliphatic heterocycles. The molecule has 1 saturated heterocycles. The largest absolute Gasteiger partial charge is 0.355 e. The summed E-state index contributed by atoms with van der Waals surface area (Å²) in [7, 11) is 0. The Morgan fingerprint density at radius 1 is 1.13 bits per heavy atom. The third-order valence-corrected chi connectivity index (χ3v) is 5.30. The molecule has 0 aliphatic carbocycles. The number of hydrogen-bond acceptors (Lipinski definition) is 7. The van der Waals surface area contributed by atoms with Crippen LogP contribution in [0.1, 0.15) is 18.4 Å². The molecule has 1 aliphatic rings. The fourth-order valence-corrected chi connectivity index (χ4v) is 3.68. The molecule has 0 aromatic carbocycles. The van der Waals surface area contributed by atoms with Gasteiger partial charge in [-0.25, -0.2) is 0 Å². The van der Waals surface area contributed by atoms with Crippen LogP contribution in [0.3, 0.4) is 0 Å². The number of carbonyl (C=O) groups is 1. The Morgan fingerprint density at radius 2 is 2.03 bits per heavy atom. The standard InChI is InChI=1S/C20H21N9O/c30-20(23-17-7-11-28(25-17)13-15-2-1-8-21-12-15)16-5-9-27(10-6-16)19-4-3-18-24-22-14-29(18)26-19/h1-4,7-8,11-12,14,16H,5-6,9-10,13H2,(H,23,25,30). The summed E-state index contributed by atoms with van der Waals surface area (Å²) in [6.45, 7) is 2.16. The van der Waals surface area contributed by atoms with Gasteiger partial charge in [-0.2, -0.15) is 9.61 Å². The first-order chi connectivity index (χ1) is 14.7. The molecule has 0 spiro atoms. The van der Waals surface area contributed by atoms with E-state index in [2.05, 4.69) is 35.6 Å². The van der Waals surface area contributed by atoms with Crippen LogP contribution in [0.5, 0.6) is 0 Å². The number of hydrogen-bond donors (Lipinski definition) is 1. The molecule has 0 radical (unpaired) electrons. The molecule has 10 nitrogen and oxygen atoms in total. The van der Waals surface area contributed by atoms with Gasteiger partial charge in [-0.3, -0.25) is 14.5 Å². The summed E-state index contributed by atoms with van der Waals surface area (Å²) in [5.74, 6) is 1.42. The number of piperidine rings is 1. The van der Waals surface area contributed by atoms with E-state index in [0.717, 1.165) is 43.0 Å². The van der Waals surface area contributed by atoms with Gasteiger partial charge in [-0.15, -0.1) is 15.3 Å². The number of nitrogens with one attached hydrogen (secondary N) is 1. The number of anilines is 2. The van der Waals surface area contributed by atoms with Crippen molar-refractivity contribution in [2.45, 2.75) is 19.4 Å². The minimum Gasteiger partial charge on any atom is -0.355 e. The van der Waals surface area contributed by atoms with Gasteiger partial charge < -0.3 is 10.2 Å². The van der Waals surface area contributed by atoms with E-state index in [-0.39, 0.29) is 11.8 Å². The molecular formula is C20H21N9O. The molecule has 0 saturated carbocycles. The number of carbonyl (C=O) groups excluding carboxylic acids is 1. The lowest BCUT2D eigenvalue weighted by molar-refractivity contribution is -0.120. The van der Waals surface area contributed by atoms with Crippen LogP contribution in [-0.2, 0) is 11.3 Å². The third-order valence-electron chi connectivity index (χ3n) is 5.30. The molecule has 1 N–H and O–H groups in total. The normalized spacial score (nSPS) is 14.9. The molecule has 0 bridgehead atoms. The molecule has 30 heavy (non-hydrogen) atoms. The number of pyridine rings is 1. The van der Waals surface area contributed by atoms with Crippen molar-refractivity contribution in [2.24, 2.45) is 5.92 Å². The summed E-state index contributed by atoms with van der Waals surface area (Å²) in [5.41, 5.74) is 1.78. The van der Waals surface area contributed by atoms with Gasteiger partial charge in [-0.05, 0) is 36.6 Å². The zero-order valence-corrected chi connectivity index (χ0v) is 16.3. The average Bonchev–Trinajstić information content (AvgIpc) is 3.43. The number of rotatable bonds is 5. The molecule has 0 atom stereocenters. The van der Waals surface area contributed by atoms with Gasteiger partial charge in [-0.1, -0.05) is 6.07 Å². The Bertz CT molecular complexity index is 1150. The van der Waals surface area contributed by atoms with Gasteiger partial charge in [0.05, 0.1) is 6.54 Å². The van der Waals surface area contributed by atoms with E-state index < -0.39 is 0 Å². The molecule has 152 valence electrons. The second-order valence-corrected chi connectivity index (χ2v) is 7.34. The van der Waals surface area contributed by atoms with Crippen LogP contribution in [-0.4, -0.2) is 53.6 Å². The van der Waals surface area contributed by atoms with Gasteiger partial charge in [0, 0.05) is 43.7 Å². The maximum Gasteiger partial charge on any atom is 0.228 e. The Morgan fingerprint density at radius 3 is 2.87 bits per heavy atom. The highest BCUT2D eigenvalue weighted by Gasteiger charge is 2.26. The van der Waals surface area contributed by atoms with E-state index in [0.29, 0.717) is 12.4 Å². The number of nitrogens with zero attached hydrogens (tertiary/aromatic N) is 8. The maximum atomic E-state index is 12.7. The lowest BCUT2D eigenvalue weighted by Gasteiger charge is -2.31. The highest BCUT2D eigenvalue weighted by atomic mass is 16.2. The molecule has 5 rings (SSSR count). The van der Waals surface area contributed by atoms with Gasteiger partial charge >= 0.3 is 0 Å². The first kappa shape index (κ1) is 18.2. The monoisotopic (exact) mass is 403 g/mol. The van der Waals surface area contributed by atoms with Gasteiger partial charge in [0.1, 0.15) is 12.1 Å². The van der Waals surface area contributed by atoms with Crippen molar-refractivity contribution in [3.05, 3.63) is 60.8 Å². The molecule has 1 fully saturated rings. The van der Waals surface area contributed by atoms with E-state index >= 15 is 0 Å². The Kier molecular flexibility index (Phi) is 4.80. The second-order valence-electron chi connectivity index (χ2n) is 7.34. The summed E-state index contributed by atoms with van der Waals surface area (Å²) < 4.78 is 3.46. The summed E-state index contributed by atoms with van der Waals surface area (Å²) in [6, 6.07) is 9.56. The van der Waals surface area contributed by atoms with Gasteiger partial charge in [0.25, 0.3) is 0 Å². The summed E-state index contributed by atoms with van der Waals surface area (Å²) >= 11 is 0. The van der Waals surface area contributed by atoms with Crippen molar-refractivity contribution in [3.8, 4) is 0 Å². The second kappa shape index (κ2) is 7.90. The first-order valence-corrected chi connectivity index (χ1v) is 9.90. The van der Waals surface area contributed by atoms with Crippen LogP contribution in [0.25, 0.3) is 5.65 Å². The molecule has 4 aromatic heterocycles. The number of aromatic nitrogens is 7. The first-order valence-electron chi connectivity index (χ1n) is 9.90. The summed E-state index contributed by atoms with van der Waals surface area (Å²) in [5, 5.41) is 19.8. The predicted octanol–water partition coefficient (Wildman–Crippen LogP) is 1.62. The third kappa shape index (κ3) is 3.84. The topological polar surface area (TPSA) is 106 Å². The number of fused-ring (bicyclic) bond motifs is 1. The Hall–Kier alpha value is -3.82. The SMILES string of the molecule is O=C(Nc1ccn(Cc2cccnc2)n1)C1CCN(c2ccc3nncn3n2)CC1. The molecule has 10 heteroatoms. The highest BCUT2D eigenvalue weighted by Crippen LogP contribution is 2.23. The molecular weight excluding hydrogens is 382 g/mol. The van der Waals surface area contributed by atoms with Crippen molar-refractivity contribution in [1.29, 1.82) is 0 Å². The van der Waals surface area contributed by atoms with E-state index in [1.807, 2.05) is 42.7 Å². The molecule has 5 heterocycles. The fourth-order valence-electron chi connectivity index (χ4n) is 3.68. The van der Waals surface area contributed by atoms with Crippen LogP contribution < -0.4 is 10.2 Å². The van der Waals surface area contributed by atoms with E-state index in [1.165, 1.54) is 0 Å². The predicted molar refractivity (Wildman–Crippen MR) is 110 cm³/mol. The van der Waals surface area contributed by atoms with Crippen molar-refractivity contribution in [3.63, 3.8) is 0 Å². The minimum absolute atomic E-state index is 0.0171. The van der Waals surface area contributed by atoms with Crippen LogP contribution in [0.15, 0.2) is 55.2 Å². The zero-order chi connectivity index (χ0) is 20.3. The maximum absolute atomic E-state index is 12.7. The lowest BCUT2D eigenvalue weighted by atomic mass is 9.96. The summed E-state index contributed by atoms with van der Waals surface area (Å²) in [6.07, 6.45) is 8.54. The van der Waals surface area contributed by atoms with Crippen LogP contribution in [0, 0.1) is 5.92 Å². The van der Waals surface area contributed by atoms with E-state index in [9.17, 15) is 4.79 Å². The zero-order valence-electron chi connectivity index (χ0n) is 16.3. The Balaban J connectivity index is 1.16.